The van der Waals surface area contributed by atoms with Crippen molar-refractivity contribution in [2.45, 2.75) is 13.3 Å². The van der Waals surface area contributed by atoms with Gasteiger partial charge in [0.15, 0.2) is 0 Å². The van der Waals surface area contributed by atoms with E-state index in [1.165, 1.54) is 0 Å². The second-order valence-electron chi connectivity index (χ2n) is 5.55. The molecule has 0 saturated carbocycles. The van der Waals surface area contributed by atoms with Gasteiger partial charge in [-0.2, -0.15) is 0 Å². The van der Waals surface area contributed by atoms with E-state index in [1.807, 2.05) is 49.4 Å². The van der Waals surface area contributed by atoms with Gasteiger partial charge in [-0.1, -0.05) is 30.3 Å². The zero-order valence-corrected chi connectivity index (χ0v) is 14.7. The van der Waals surface area contributed by atoms with Crippen molar-refractivity contribution in [1.29, 1.82) is 0 Å². The maximum absolute atomic E-state index is 12.4. The Morgan fingerprint density at radius 1 is 1.04 bits per heavy atom. The Morgan fingerprint density at radius 3 is 2.60 bits per heavy atom. The number of benzene rings is 2. The van der Waals surface area contributed by atoms with Crippen LogP contribution in [0.5, 0.6) is 0 Å². The van der Waals surface area contributed by atoms with Gasteiger partial charge in [0.25, 0.3) is 5.91 Å². The van der Waals surface area contributed by atoms with E-state index in [9.17, 15) is 9.59 Å². The number of thiazole rings is 1. The summed E-state index contributed by atoms with van der Waals surface area (Å²) in [7, 11) is 0. The summed E-state index contributed by atoms with van der Waals surface area (Å²) in [4.78, 5) is 28.6. The van der Waals surface area contributed by atoms with Gasteiger partial charge >= 0.3 is 0 Å². The van der Waals surface area contributed by atoms with Gasteiger partial charge in [0.2, 0.25) is 5.91 Å². The standard InChI is InChI=1S/C19H19N3O2S/c1-2-20-17(23)12-21-19(24)14-8-4-3-7-13(14)11-18-22-15-9-5-6-10-16(15)25-18/h3-10H,2,11-12H2,1H3,(H,20,23)(H,21,24). The summed E-state index contributed by atoms with van der Waals surface area (Å²) in [6.07, 6.45) is 0.587. The van der Waals surface area contributed by atoms with Gasteiger partial charge in [-0.25, -0.2) is 4.98 Å². The summed E-state index contributed by atoms with van der Waals surface area (Å²) in [5.74, 6) is -0.442. The third-order valence-corrected chi connectivity index (χ3v) is 4.76. The molecule has 0 atom stereocenters. The van der Waals surface area contributed by atoms with E-state index in [2.05, 4.69) is 15.6 Å². The SMILES string of the molecule is CCNC(=O)CNC(=O)c1ccccc1Cc1nc2ccccc2s1. The number of carbonyl (C=O) groups is 2. The van der Waals surface area contributed by atoms with Crippen molar-refractivity contribution in [3.8, 4) is 0 Å². The highest BCUT2D eigenvalue weighted by molar-refractivity contribution is 7.18. The molecule has 0 aliphatic carbocycles. The first-order valence-corrected chi connectivity index (χ1v) is 8.96. The molecule has 0 aliphatic heterocycles. The molecule has 0 unspecified atom stereocenters. The highest BCUT2D eigenvalue weighted by Gasteiger charge is 2.14. The van der Waals surface area contributed by atoms with Crippen LogP contribution < -0.4 is 10.6 Å². The Labute approximate surface area is 150 Å². The monoisotopic (exact) mass is 353 g/mol. The third-order valence-electron chi connectivity index (χ3n) is 3.73. The van der Waals surface area contributed by atoms with E-state index in [0.29, 0.717) is 18.5 Å². The summed E-state index contributed by atoms with van der Waals surface area (Å²) in [5.41, 5.74) is 2.45. The zero-order valence-electron chi connectivity index (χ0n) is 13.9. The lowest BCUT2D eigenvalue weighted by Crippen LogP contribution is -2.37. The number of likely N-dealkylation sites (N-methyl/N-ethyl adjacent to an activating group) is 1. The molecule has 128 valence electrons. The predicted octanol–water partition coefficient (Wildman–Crippen LogP) is 2.75. The van der Waals surface area contributed by atoms with Crippen LogP contribution in [-0.4, -0.2) is 29.9 Å². The topological polar surface area (TPSA) is 71.1 Å². The lowest BCUT2D eigenvalue weighted by Gasteiger charge is -2.09. The van der Waals surface area contributed by atoms with Gasteiger partial charge < -0.3 is 10.6 Å². The number of para-hydroxylation sites is 1. The highest BCUT2D eigenvalue weighted by Crippen LogP contribution is 2.24. The van der Waals surface area contributed by atoms with Crippen molar-refractivity contribution in [2.75, 3.05) is 13.1 Å². The fourth-order valence-electron chi connectivity index (χ4n) is 2.57. The quantitative estimate of drug-likeness (QED) is 0.716. The Kier molecular flexibility index (Phi) is 5.40. The first-order chi connectivity index (χ1) is 12.2. The molecule has 0 saturated heterocycles. The van der Waals surface area contributed by atoms with E-state index >= 15 is 0 Å². The molecule has 2 aromatic carbocycles. The van der Waals surface area contributed by atoms with Crippen molar-refractivity contribution < 1.29 is 9.59 Å². The molecule has 0 fully saturated rings. The van der Waals surface area contributed by atoms with Crippen LogP contribution in [0.2, 0.25) is 0 Å². The van der Waals surface area contributed by atoms with E-state index < -0.39 is 0 Å². The Hall–Kier alpha value is -2.73. The van der Waals surface area contributed by atoms with Crippen molar-refractivity contribution in [3.63, 3.8) is 0 Å². The molecule has 2 amide bonds. The fraction of sp³-hybridized carbons (Fsp3) is 0.211. The lowest BCUT2D eigenvalue weighted by atomic mass is 10.0. The van der Waals surface area contributed by atoms with Crippen LogP contribution in [-0.2, 0) is 11.2 Å². The van der Waals surface area contributed by atoms with Crippen molar-refractivity contribution >= 4 is 33.4 Å². The van der Waals surface area contributed by atoms with Crippen molar-refractivity contribution in [3.05, 3.63) is 64.7 Å². The second kappa shape index (κ2) is 7.90. The average Bonchev–Trinajstić information content (AvgIpc) is 3.02. The number of nitrogens with zero attached hydrogens (tertiary/aromatic N) is 1. The maximum Gasteiger partial charge on any atom is 0.252 e. The van der Waals surface area contributed by atoms with Crippen LogP contribution in [0.25, 0.3) is 10.2 Å². The van der Waals surface area contributed by atoms with Crippen LogP contribution >= 0.6 is 11.3 Å². The van der Waals surface area contributed by atoms with E-state index in [1.54, 1.807) is 17.4 Å². The molecule has 5 nitrogen and oxygen atoms in total. The van der Waals surface area contributed by atoms with Crippen LogP contribution in [0.1, 0.15) is 27.9 Å². The molecule has 0 spiro atoms. The first kappa shape index (κ1) is 17.1. The van der Waals surface area contributed by atoms with Gasteiger partial charge in [0.1, 0.15) is 0 Å². The number of amides is 2. The minimum atomic E-state index is -0.247. The molecule has 0 radical (unpaired) electrons. The van der Waals surface area contributed by atoms with Crippen molar-refractivity contribution in [1.82, 2.24) is 15.6 Å². The Morgan fingerprint density at radius 2 is 1.80 bits per heavy atom. The number of hydrogen-bond acceptors (Lipinski definition) is 4. The fourth-order valence-corrected chi connectivity index (χ4v) is 3.56. The summed E-state index contributed by atoms with van der Waals surface area (Å²) >= 11 is 1.63. The van der Waals surface area contributed by atoms with E-state index in [4.69, 9.17) is 0 Å². The molecular formula is C19H19N3O2S. The molecule has 3 rings (SSSR count). The van der Waals surface area contributed by atoms with Gasteiger partial charge in [-0.3, -0.25) is 9.59 Å². The van der Waals surface area contributed by atoms with Crippen LogP contribution in [0, 0.1) is 0 Å². The van der Waals surface area contributed by atoms with E-state index in [0.717, 1.165) is 20.8 Å². The number of carbonyl (C=O) groups excluding carboxylic acids is 2. The lowest BCUT2D eigenvalue weighted by molar-refractivity contribution is -0.120. The summed E-state index contributed by atoms with van der Waals surface area (Å²) in [6.45, 7) is 2.36. The zero-order chi connectivity index (χ0) is 17.6. The van der Waals surface area contributed by atoms with Crippen LogP contribution in [0.15, 0.2) is 48.5 Å². The number of aromatic nitrogens is 1. The van der Waals surface area contributed by atoms with Gasteiger partial charge in [0.05, 0.1) is 21.8 Å². The molecule has 1 aromatic heterocycles. The predicted molar refractivity (Wildman–Crippen MR) is 99.9 cm³/mol. The minimum absolute atomic E-state index is 0.0256. The largest absolute Gasteiger partial charge is 0.355 e. The minimum Gasteiger partial charge on any atom is -0.355 e. The number of hydrogen-bond donors (Lipinski definition) is 2. The highest BCUT2D eigenvalue weighted by atomic mass is 32.1. The number of nitrogens with one attached hydrogen (secondary N) is 2. The van der Waals surface area contributed by atoms with Gasteiger partial charge in [-0.15, -0.1) is 11.3 Å². The Balaban J connectivity index is 1.76. The third kappa shape index (κ3) is 4.22. The van der Waals surface area contributed by atoms with Crippen molar-refractivity contribution in [2.24, 2.45) is 0 Å². The Bertz CT molecular complexity index is 871. The number of fused-ring (bicyclic) bond motifs is 1. The summed E-state index contributed by atoms with van der Waals surface area (Å²) in [5, 5.41) is 6.29. The average molecular weight is 353 g/mol. The molecule has 2 N–H and O–H groups in total. The summed E-state index contributed by atoms with van der Waals surface area (Å²) in [6, 6.07) is 15.4. The molecule has 0 aliphatic rings. The van der Waals surface area contributed by atoms with E-state index in [-0.39, 0.29) is 18.4 Å². The number of rotatable bonds is 6. The van der Waals surface area contributed by atoms with Gasteiger partial charge in [-0.05, 0) is 30.7 Å². The van der Waals surface area contributed by atoms with Crippen LogP contribution in [0.3, 0.4) is 0 Å². The molecular weight excluding hydrogens is 334 g/mol. The molecule has 3 aromatic rings. The smallest absolute Gasteiger partial charge is 0.252 e. The normalized spacial score (nSPS) is 10.6. The maximum atomic E-state index is 12.4. The van der Waals surface area contributed by atoms with Gasteiger partial charge in [0, 0.05) is 18.5 Å². The molecule has 25 heavy (non-hydrogen) atoms. The molecule has 6 heteroatoms. The first-order valence-electron chi connectivity index (χ1n) is 8.14. The summed E-state index contributed by atoms with van der Waals surface area (Å²) < 4.78 is 1.13. The molecule has 0 bridgehead atoms. The molecule has 1 heterocycles. The van der Waals surface area contributed by atoms with Crippen LogP contribution in [0.4, 0.5) is 0 Å². The second-order valence-corrected chi connectivity index (χ2v) is 6.66.